The smallest absolute Gasteiger partial charge is 0.256 e. The lowest BCUT2D eigenvalue weighted by Gasteiger charge is -2.35. The summed E-state index contributed by atoms with van der Waals surface area (Å²) in [6.07, 6.45) is 0.406. The minimum atomic E-state index is -0.615. The van der Waals surface area contributed by atoms with Crippen LogP contribution in [-0.2, 0) is 25.8 Å². The molecule has 5 heteroatoms. The molecule has 0 unspecified atom stereocenters. The highest BCUT2D eigenvalue weighted by Gasteiger charge is 2.46. The van der Waals surface area contributed by atoms with E-state index in [2.05, 4.69) is 0 Å². The van der Waals surface area contributed by atoms with Gasteiger partial charge in [0.05, 0.1) is 20.3 Å². The van der Waals surface area contributed by atoms with Gasteiger partial charge in [-0.25, -0.2) is 5.06 Å². The molecule has 0 aromatic heterocycles. The largest absolute Gasteiger partial charge is 0.376 e. The van der Waals surface area contributed by atoms with Gasteiger partial charge in [-0.3, -0.25) is 14.4 Å². The van der Waals surface area contributed by atoms with Crippen LogP contribution in [0.3, 0.4) is 0 Å². The molecule has 0 N–H and O–H groups in total. The summed E-state index contributed by atoms with van der Waals surface area (Å²) in [6.45, 7) is 0.904. The van der Waals surface area contributed by atoms with Gasteiger partial charge in [0, 0.05) is 19.4 Å². The van der Waals surface area contributed by atoms with Crippen molar-refractivity contribution in [2.24, 2.45) is 11.8 Å². The molecule has 0 aliphatic heterocycles. The number of ether oxygens (including phenoxy) is 1. The molecule has 1 aliphatic carbocycles. The third-order valence-corrected chi connectivity index (χ3v) is 3.58. The van der Waals surface area contributed by atoms with Crippen LogP contribution in [0.25, 0.3) is 0 Å². The van der Waals surface area contributed by atoms with Gasteiger partial charge in [-0.05, 0) is 5.56 Å². The molecule has 2 atom stereocenters. The van der Waals surface area contributed by atoms with Crippen molar-refractivity contribution in [1.82, 2.24) is 5.06 Å². The van der Waals surface area contributed by atoms with Crippen molar-refractivity contribution in [3.8, 4) is 0 Å². The molecule has 0 saturated heterocycles. The third-order valence-electron chi connectivity index (χ3n) is 3.58. The van der Waals surface area contributed by atoms with E-state index in [0.717, 1.165) is 10.6 Å². The van der Waals surface area contributed by atoms with Crippen molar-refractivity contribution < 1.29 is 19.2 Å². The minimum absolute atomic E-state index is 0.0350. The van der Waals surface area contributed by atoms with Gasteiger partial charge in [0.25, 0.3) is 5.91 Å². The van der Waals surface area contributed by atoms with Gasteiger partial charge in [-0.1, -0.05) is 30.3 Å². The summed E-state index contributed by atoms with van der Waals surface area (Å²) >= 11 is 0. The molecule has 0 radical (unpaired) electrons. The number of hydrogen-bond donors (Lipinski definition) is 0. The molecular weight excluding hydrogens is 258 g/mol. The van der Waals surface area contributed by atoms with E-state index in [1.807, 2.05) is 30.3 Å². The van der Waals surface area contributed by atoms with Crippen molar-refractivity contribution in [3.63, 3.8) is 0 Å². The average molecular weight is 277 g/mol. The lowest BCUT2D eigenvalue weighted by molar-refractivity contribution is -0.182. The first-order chi connectivity index (χ1) is 9.63. The van der Waals surface area contributed by atoms with Crippen molar-refractivity contribution in [2.45, 2.75) is 13.0 Å². The van der Waals surface area contributed by atoms with Gasteiger partial charge >= 0.3 is 0 Å². The number of hydroxylamine groups is 2. The Kier molecular flexibility index (Phi) is 4.87. The van der Waals surface area contributed by atoms with E-state index in [1.54, 1.807) is 0 Å². The molecule has 1 aromatic rings. The van der Waals surface area contributed by atoms with Crippen LogP contribution in [0.4, 0.5) is 0 Å². The summed E-state index contributed by atoms with van der Waals surface area (Å²) in [5.74, 6) is -0.990. The Bertz CT molecular complexity index is 474. The zero-order valence-corrected chi connectivity index (χ0v) is 11.7. The standard InChI is InChI=1S/C15H19NO4/c1-16(19-2)15(18)14-12(8-13(14)17)10-20-9-11-6-4-3-5-7-11/h3-7,12,14H,8-10H2,1-2H3/t12-,14-/m0/s1. The number of hydrogen-bond acceptors (Lipinski definition) is 4. The summed E-state index contributed by atoms with van der Waals surface area (Å²) in [4.78, 5) is 28.3. The molecule has 1 aliphatic rings. The summed E-state index contributed by atoms with van der Waals surface area (Å²) in [5.41, 5.74) is 1.08. The maximum atomic E-state index is 11.9. The fraction of sp³-hybridized carbons (Fsp3) is 0.467. The van der Waals surface area contributed by atoms with Gasteiger partial charge in [-0.2, -0.15) is 0 Å². The first-order valence-electron chi connectivity index (χ1n) is 6.59. The molecule has 1 fully saturated rings. The molecule has 5 nitrogen and oxygen atoms in total. The van der Waals surface area contributed by atoms with Crippen molar-refractivity contribution in [3.05, 3.63) is 35.9 Å². The molecule has 0 heterocycles. The second-order valence-electron chi connectivity index (χ2n) is 4.93. The monoisotopic (exact) mass is 277 g/mol. The van der Waals surface area contributed by atoms with Gasteiger partial charge in [-0.15, -0.1) is 0 Å². The zero-order valence-electron chi connectivity index (χ0n) is 11.7. The van der Waals surface area contributed by atoms with Crippen molar-refractivity contribution in [1.29, 1.82) is 0 Å². The van der Waals surface area contributed by atoms with E-state index in [-0.39, 0.29) is 17.6 Å². The Hall–Kier alpha value is -1.72. The predicted octanol–water partition coefficient (Wildman–Crippen LogP) is 1.43. The van der Waals surface area contributed by atoms with E-state index in [1.165, 1.54) is 14.2 Å². The lowest BCUT2D eigenvalue weighted by Crippen LogP contribution is -2.49. The van der Waals surface area contributed by atoms with Gasteiger partial charge < -0.3 is 4.74 Å². The normalized spacial score (nSPS) is 21.4. The average Bonchev–Trinajstić information content (AvgIpc) is 2.46. The fourth-order valence-corrected chi connectivity index (χ4v) is 2.29. The quantitative estimate of drug-likeness (QED) is 0.583. The molecular formula is C15H19NO4. The maximum Gasteiger partial charge on any atom is 0.256 e. The minimum Gasteiger partial charge on any atom is -0.376 e. The van der Waals surface area contributed by atoms with Crippen LogP contribution < -0.4 is 0 Å². The molecule has 20 heavy (non-hydrogen) atoms. The molecule has 108 valence electrons. The van der Waals surface area contributed by atoms with Crippen LogP contribution in [-0.4, -0.2) is 37.5 Å². The molecule has 2 rings (SSSR count). The van der Waals surface area contributed by atoms with Gasteiger partial charge in [0.15, 0.2) is 0 Å². The highest BCUT2D eigenvalue weighted by atomic mass is 16.7. The van der Waals surface area contributed by atoms with Crippen LogP contribution in [0.2, 0.25) is 0 Å². The van der Waals surface area contributed by atoms with Crippen molar-refractivity contribution in [2.75, 3.05) is 20.8 Å². The first-order valence-corrected chi connectivity index (χ1v) is 6.59. The van der Waals surface area contributed by atoms with Crippen LogP contribution in [0.5, 0.6) is 0 Å². The number of carbonyl (C=O) groups excluding carboxylic acids is 2. The molecule has 1 amide bonds. The third kappa shape index (κ3) is 3.23. The number of rotatable bonds is 6. The summed E-state index contributed by atoms with van der Waals surface area (Å²) in [6, 6.07) is 9.81. The van der Waals surface area contributed by atoms with Crippen molar-refractivity contribution >= 4 is 11.7 Å². The Morgan fingerprint density at radius 3 is 2.65 bits per heavy atom. The van der Waals surface area contributed by atoms with Crippen LogP contribution in [0.1, 0.15) is 12.0 Å². The molecule has 0 spiro atoms. The van der Waals surface area contributed by atoms with Gasteiger partial charge in [0.1, 0.15) is 11.7 Å². The van der Waals surface area contributed by atoms with E-state index >= 15 is 0 Å². The first kappa shape index (κ1) is 14.7. The highest BCUT2D eigenvalue weighted by Crippen LogP contribution is 2.32. The fourth-order valence-electron chi connectivity index (χ4n) is 2.29. The SMILES string of the molecule is CON(C)C(=O)[C@@H]1C(=O)C[C@H]1COCc1ccccc1. The molecule has 1 saturated carbocycles. The van der Waals surface area contributed by atoms with Crippen LogP contribution in [0.15, 0.2) is 30.3 Å². The lowest BCUT2D eigenvalue weighted by atomic mass is 9.72. The zero-order chi connectivity index (χ0) is 14.5. The number of nitrogens with zero attached hydrogens (tertiary/aromatic N) is 1. The molecule has 1 aromatic carbocycles. The maximum absolute atomic E-state index is 11.9. The Morgan fingerprint density at radius 2 is 2.05 bits per heavy atom. The van der Waals surface area contributed by atoms with Crippen LogP contribution >= 0.6 is 0 Å². The summed E-state index contributed by atoms with van der Waals surface area (Å²) in [5, 5.41) is 1.10. The molecule has 0 bridgehead atoms. The Morgan fingerprint density at radius 1 is 1.35 bits per heavy atom. The Balaban J connectivity index is 1.81. The second-order valence-corrected chi connectivity index (χ2v) is 4.93. The highest BCUT2D eigenvalue weighted by molar-refractivity contribution is 6.05. The predicted molar refractivity (Wildman–Crippen MR) is 72.5 cm³/mol. The number of benzene rings is 1. The number of Topliss-reactive ketones (excluding diaryl/α,β-unsaturated/α-hetero) is 1. The van der Waals surface area contributed by atoms with E-state index in [4.69, 9.17) is 9.57 Å². The number of ketones is 1. The van der Waals surface area contributed by atoms with Crippen LogP contribution in [0, 0.1) is 11.8 Å². The number of amides is 1. The van der Waals surface area contributed by atoms with Gasteiger partial charge in [0.2, 0.25) is 0 Å². The van der Waals surface area contributed by atoms with E-state index < -0.39 is 5.92 Å². The Labute approximate surface area is 118 Å². The number of carbonyl (C=O) groups is 2. The second kappa shape index (κ2) is 6.63. The topological polar surface area (TPSA) is 55.8 Å². The summed E-state index contributed by atoms with van der Waals surface area (Å²) in [7, 11) is 2.91. The van der Waals surface area contributed by atoms with E-state index in [0.29, 0.717) is 19.6 Å². The summed E-state index contributed by atoms with van der Waals surface area (Å²) < 4.78 is 5.60. The van der Waals surface area contributed by atoms with E-state index in [9.17, 15) is 9.59 Å².